The molecule has 0 heterocycles. The molecule has 1 amide bonds. The average molecular weight is 343 g/mol. The van der Waals surface area contributed by atoms with E-state index in [2.05, 4.69) is 10.1 Å². The smallest absolute Gasteiger partial charge is 0.337 e. The highest BCUT2D eigenvalue weighted by atomic mass is 16.6. The van der Waals surface area contributed by atoms with E-state index in [9.17, 15) is 19.7 Å². The van der Waals surface area contributed by atoms with Crippen LogP contribution in [0.1, 0.15) is 31.8 Å². The maximum atomic E-state index is 11.6. The van der Waals surface area contributed by atoms with Gasteiger partial charge in [-0.2, -0.15) is 0 Å². The Kier molecular flexibility index (Phi) is 5.33. The Morgan fingerprint density at radius 2 is 1.88 bits per heavy atom. The fourth-order valence-corrected chi connectivity index (χ4v) is 2.28. The van der Waals surface area contributed by atoms with Crippen molar-refractivity contribution >= 4 is 23.3 Å². The van der Waals surface area contributed by atoms with E-state index in [-0.39, 0.29) is 17.8 Å². The number of anilines is 1. The molecule has 0 saturated carbocycles. The maximum absolute atomic E-state index is 11.6. The van der Waals surface area contributed by atoms with E-state index in [1.165, 1.54) is 19.2 Å². The van der Waals surface area contributed by atoms with Crippen LogP contribution in [0.5, 0.6) is 0 Å². The summed E-state index contributed by atoms with van der Waals surface area (Å²) < 4.78 is 4.68. The highest BCUT2D eigenvalue weighted by Gasteiger charge is 2.17. The second-order valence-electron chi connectivity index (χ2n) is 5.34. The third-order valence-electron chi connectivity index (χ3n) is 3.69. The molecule has 2 aromatic rings. The van der Waals surface area contributed by atoms with Gasteiger partial charge in [0, 0.05) is 29.4 Å². The zero-order valence-corrected chi connectivity index (χ0v) is 13.7. The SMILES string of the molecule is COC(=O)c1ccc(C)c(NCc2ccc(C(N)=O)cc2[N+](=O)[O-])c1. The molecule has 0 spiro atoms. The summed E-state index contributed by atoms with van der Waals surface area (Å²) in [6.07, 6.45) is 0. The Hall–Kier alpha value is -3.42. The van der Waals surface area contributed by atoms with E-state index in [1.807, 2.05) is 6.92 Å². The van der Waals surface area contributed by atoms with Gasteiger partial charge >= 0.3 is 5.97 Å². The number of hydrogen-bond donors (Lipinski definition) is 2. The number of carbonyl (C=O) groups excluding carboxylic acids is 2. The molecule has 0 fully saturated rings. The fraction of sp³-hybridized carbons (Fsp3) is 0.176. The quantitative estimate of drug-likeness (QED) is 0.471. The summed E-state index contributed by atoms with van der Waals surface area (Å²) in [4.78, 5) is 33.4. The van der Waals surface area contributed by atoms with Crippen LogP contribution < -0.4 is 11.1 Å². The van der Waals surface area contributed by atoms with Gasteiger partial charge in [-0.25, -0.2) is 4.79 Å². The molecule has 2 rings (SSSR count). The molecular formula is C17H17N3O5. The lowest BCUT2D eigenvalue weighted by atomic mass is 10.1. The summed E-state index contributed by atoms with van der Waals surface area (Å²) in [6.45, 7) is 1.98. The summed E-state index contributed by atoms with van der Waals surface area (Å²) in [5.41, 5.74) is 7.29. The summed E-state index contributed by atoms with van der Waals surface area (Å²) in [5.74, 6) is -1.20. The van der Waals surface area contributed by atoms with Crippen LogP contribution in [-0.2, 0) is 11.3 Å². The largest absolute Gasteiger partial charge is 0.465 e. The van der Waals surface area contributed by atoms with E-state index < -0.39 is 16.8 Å². The van der Waals surface area contributed by atoms with Crippen molar-refractivity contribution in [3.8, 4) is 0 Å². The van der Waals surface area contributed by atoms with Crippen LogP contribution in [-0.4, -0.2) is 23.9 Å². The van der Waals surface area contributed by atoms with E-state index in [4.69, 9.17) is 5.73 Å². The van der Waals surface area contributed by atoms with E-state index >= 15 is 0 Å². The number of hydrogen-bond acceptors (Lipinski definition) is 6. The molecule has 0 aromatic heterocycles. The molecule has 3 N–H and O–H groups in total. The van der Waals surface area contributed by atoms with Crippen LogP contribution in [0.4, 0.5) is 11.4 Å². The Bertz CT molecular complexity index is 848. The molecule has 0 aliphatic carbocycles. The van der Waals surface area contributed by atoms with Crippen molar-refractivity contribution < 1.29 is 19.2 Å². The number of carbonyl (C=O) groups is 2. The molecule has 0 unspecified atom stereocenters. The van der Waals surface area contributed by atoms with Gasteiger partial charge in [0.25, 0.3) is 5.69 Å². The lowest BCUT2D eigenvalue weighted by Crippen LogP contribution is -2.12. The molecule has 0 radical (unpaired) electrons. The van der Waals surface area contributed by atoms with Gasteiger partial charge in [0.15, 0.2) is 0 Å². The van der Waals surface area contributed by atoms with Gasteiger partial charge in [0.2, 0.25) is 5.91 Å². The minimum Gasteiger partial charge on any atom is -0.465 e. The van der Waals surface area contributed by atoms with Gasteiger partial charge in [-0.05, 0) is 36.8 Å². The number of ether oxygens (including phenoxy) is 1. The molecule has 0 aliphatic heterocycles. The number of nitrogens with two attached hydrogens (primary N) is 1. The molecular weight excluding hydrogens is 326 g/mol. The molecule has 130 valence electrons. The zero-order chi connectivity index (χ0) is 18.6. The number of aryl methyl sites for hydroxylation is 1. The summed E-state index contributed by atoms with van der Waals surface area (Å²) in [7, 11) is 1.29. The zero-order valence-electron chi connectivity index (χ0n) is 13.7. The number of nitro groups is 1. The maximum Gasteiger partial charge on any atom is 0.337 e. The lowest BCUT2D eigenvalue weighted by Gasteiger charge is -2.12. The van der Waals surface area contributed by atoms with Crippen molar-refractivity contribution in [3.05, 3.63) is 68.8 Å². The number of primary amides is 1. The van der Waals surface area contributed by atoms with Crippen LogP contribution in [0.3, 0.4) is 0 Å². The summed E-state index contributed by atoms with van der Waals surface area (Å²) in [6, 6.07) is 9.06. The number of benzene rings is 2. The number of esters is 1. The standard InChI is InChI=1S/C17H17N3O5/c1-10-3-4-12(17(22)25-2)7-14(10)19-9-13-6-5-11(16(18)21)8-15(13)20(23)24/h3-8,19H,9H2,1-2H3,(H2,18,21). The summed E-state index contributed by atoms with van der Waals surface area (Å²) in [5, 5.41) is 14.3. The molecule has 25 heavy (non-hydrogen) atoms. The topological polar surface area (TPSA) is 125 Å². The van der Waals surface area contributed by atoms with Crippen molar-refractivity contribution in [3.63, 3.8) is 0 Å². The number of nitrogens with zero attached hydrogens (tertiary/aromatic N) is 1. The predicted octanol–water partition coefficient (Wildman–Crippen LogP) is 2.40. The van der Waals surface area contributed by atoms with Crippen molar-refractivity contribution in [2.24, 2.45) is 5.73 Å². The van der Waals surface area contributed by atoms with Crippen molar-refractivity contribution in [1.82, 2.24) is 0 Å². The first-order valence-corrected chi connectivity index (χ1v) is 7.33. The first kappa shape index (κ1) is 17.9. The predicted molar refractivity (Wildman–Crippen MR) is 91.5 cm³/mol. The monoisotopic (exact) mass is 343 g/mol. The Balaban J connectivity index is 2.28. The second kappa shape index (κ2) is 7.43. The van der Waals surface area contributed by atoms with Crippen LogP contribution >= 0.6 is 0 Å². The van der Waals surface area contributed by atoms with Gasteiger partial charge in [-0.15, -0.1) is 0 Å². The van der Waals surface area contributed by atoms with Crippen LogP contribution in [0.25, 0.3) is 0 Å². The number of nitrogens with one attached hydrogen (secondary N) is 1. The molecule has 0 atom stereocenters. The lowest BCUT2D eigenvalue weighted by molar-refractivity contribution is -0.385. The first-order valence-electron chi connectivity index (χ1n) is 7.33. The van der Waals surface area contributed by atoms with Gasteiger partial charge in [-0.3, -0.25) is 14.9 Å². The third kappa shape index (κ3) is 4.11. The van der Waals surface area contributed by atoms with Gasteiger partial charge in [-0.1, -0.05) is 6.07 Å². The molecule has 0 bridgehead atoms. The second-order valence-corrected chi connectivity index (χ2v) is 5.34. The van der Waals surface area contributed by atoms with E-state index in [0.29, 0.717) is 16.8 Å². The van der Waals surface area contributed by atoms with Gasteiger partial charge < -0.3 is 15.8 Å². The number of amides is 1. The fourth-order valence-electron chi connectivity index (χ4n) is 2.28. The number of nitro benzene ring substituents is 1. The van der Waals surface area contributed by atoms with Crippen LogP contribution in [0, 0.1) is 17.0 Å². The normalized spacial score (nSPS) is 10.2. The highest BCUT2D eigenvalue weighted by molar-refractivity contribution is 5.93. The van der Waals surface area contributed by atoms with Crippen LogP contribution in [0.2, 0.25) is 0 Å². The Morgan fingerprint density at radius 1 is 1.20 bits per heavy atom. The van der Waals surface area contributed by atoms with E-state index in [1.54, 1.807) is 18.2 Å². The Labute approximate surface area is 143 Å². The minimum atomic E-state index is -0.732. The third-order valence-corrected chi connectivity index (χ3v) is 3.69. The molecule has 2 aromatic carbocycles. The van der Waals surface area contributed by atoms with E-state index in [0.717, 1.165) is 11.6 Å². The van der Waals surface area contributed by atoms with Crippen molar-refractivity contribution in [1.29, 1.82) is 0 Å². The minimum absolute atomic E-state index is 0.0688. The van der Waals surface area contributed by atoms with Gasteiger partial charge in [0.1, 0.15) is 0 Å². The molecule has 8 heteroatoms. The first-order chi connectivity index (χ1) is 11.8. The number of rotatable bonds is 6. The van der Waals surface area contributed by atoms with Crippen LogP contribution in [0.15, 0.2) is 36.4 Å². The molecule has 0 aliphatic rings. The highest BCUT2D eigenvalue weighted by Crippen LogP contribution is 2.23. The number of methoxy groups -OCH3 is 1. The molecule has 0 saturated heterocycles. The summed E-state index contributed by atoms with van der Waals surface area (Å²) >= 11 is 0. The van der Waals surface area contributed by atoms with Crippen molar-refractivity contribution in [2.45, 2.75) is 13.5 Å². The Morgan fingerprint density at radius 3 is 2.48 bits per heavy atom. The van der Waals surface area contributed by atoms with Gasteiger partial charge in [0.05, 0.1) is 17.6 Å². The molecule has 8 nitrogen and oxygen atoms in total. The average Bonchev–Trinajstić information content (AvgIpc) is 2.59. The van der Waals surface area contributed by atoms with Crippen molar-refractivity contribution in [2.75, 3.05) is 12.4 Å².